The van der Waals surface area contributed by atoms with Gasteiger partial charge in [-0.15, -0.1) is 0 Å². The third-order valence-corrected chi connectivity index (χ3v) is 3.72. The second-order valence-corrected chi connectivity index (χ2v) is 5.51. The van der Waals surface area contributed by atoms with Crippen LogP contribution >= 0.6 is 0 Å². The molecule has 3 nitrogen and oxygen atoms in total. The molecule has 0 aliphatic rings. The maximum absolute atomic E-state index is 5.26. The minimum atomic E-state index is 0.428. The molecular formula is C19H25NO2. The highest BCUT2D eigenvalue weighted by Crippen LogP contribution is 2.14. The predicted octanol–water partition coefficient (Wildman–Crippen LogP) is 3.47. The zero-order valence-corrected chi connectivity index (χ0v) is 13.6. The summed E-state index contributed by atoms with van der Waals surface area (Å²) in [5.74, 6) is 1.84. The molecule has 0 radical (unpaired) electrons. The first-order chi connectivity index (χ1) is 10.7. The van der Waals surface area contributed by atoms with E-state index in [0.717, 1.165) is 30.9 Å². The first-order valence-electron chi connectivity index (χ1n) is 7.70. The molecule has 0 bridgehead atoms. The van der Waals surface area contributed by atoms with Crippen LogP contribution in [0.3, 0.4) is 0 Å². The van der Waals surface area contributed by atoms with Crippen molar-refractivity contribution < 1.29 is 9.47 Å². The van der Waals surface area contributed by atoms with Crippen molar-refractivity contribution in [2.75, 3.05) is 20.8 Å². The van der Waals surface area contributed by atoms with Gasteiger partial charge in [-0.25, -0.2) is 0 Å². The Morgan fingerprint density at radius 2 is 1.50 bits per heavy atom. The van der Waals surface area contributed by atoms with Gasteiger partial charge in [-0.3, -0.25) is 0 Å². The van der Waals surface area contributed by atoms with Crippen LogP contribution in [0.1, 0.15) is 18.1 Å². The summed E-state index contributed by atoms with van der Waals surface area (Å²) in [5, 5.41) is 3.57. The van der Waals surface area contributed by atoms with Crippen LogP contribution in [0.15, 0.2) is 48.5 Å². The largest absolute Gasteiger partial charge is 0.497 e. The van der Waals surface area contributed by atoms with Crippen molar-refractivity contribution in [3.8, 4) is 11.5 Å². The molecule has 3 heteroatoms. The Morgan fingerprint density at radius 3 is 2.14 bits per heavy atom. The summed E-state index contributed by atoms with van der Waals surface area (Å²) in [7, 11) is 3.41. The Kier molecular flexibility index (Phi) is 6.28. The van der Waals surface area contributed by atoms with E-state index < -0.39 is 0 Å². The van der Waals surface area contributed by atoms with E-state index in [-0.39, 0.29) is 0 Å². The van der Waals surface area contributed by atoms with Crippen LogP contribution in [0.2, 0.25) is 0 Å². The minimum absolute atomic E-state index is 0.428. The smallest absolute Gasteiger partial charge is 0.119 e. The molecule has 1 N–H and O–H groups in total. The van der Waals surface area contributed by atoms with Gasteiger partial charge in [0.15, 0.2) is 0 Å². The second-order valence-electron chi connectivity index (χ2n) is 5.51. The van der Waals surface area contributed by atoms with Crippen molar-refractivity contribution >= 4 is 0 Å². The van der Waals surface area contributed by atoms with Gasteiger partial charge in [0.05, 0.1) is 14.2 Å². The van der Waals surface area contributed by atoms with Crippen LogP contribution < -0.4 is 14.8 Å². The van der Waals surface area contributed by atoms with E-state index in [0.29, 0.717) is 6.04 Å². The first-order valence-corrected chi connectivity index (χ1v) is 7.70. The summed E-state index contributed by atoms with van der Waals surface area (Å²) in [6.07, 6.45) is 2.00. The number of nitrogens with one attached hydrogen (secondary N) is 1. The van der Waals surface area contributed by atoms with Gasteiger partial charge in [0.25, 0.3) is 0 Å². The average Bonchev–Trinajstić information content (AvgIpc) is 2.55. The summed E-state index contributed by atoms with van der Waals surface area (Å²) >= 11 is 0. The maximum Gasteiger partial charge on any atom is 0.119 e. The third kappa shape index (κ3) is 5.08. The number of methoxy groups -OCH3 is 2. The molecule has 1 atom stereocenters. The molecular weight excluding hydrogens is 274 g/mol. The summed E-state index contributed by atoms with van der Waals surface area (Å²) in [4.78, 5) is 0. The molecule has 0 heterocycles. The van der Waals surface area contributed by atoms with Crippen molar-refractivity contribution in [2.45, 2.75) is 25.8 Å². The van der Waals surface area contributed by atoms with E-state index >= 15 is 0 Å². The molecule has 0 fully saturated rings. The molecule has 0 amide bonds. The van der Waals surface area contributed by atoms with E-state index in [1.165, 1.54) is 11.1 Å². The normalized spacial score (nSPS) is 12.0. The first kappa shape index (κ1) is 16.4. The van der Waals surface area contributed by atoms with E-state index in [1.807, 2.05) is 24.3 Å². The molecule has 0 aliphatic heterocycles. The molecule has 0 spiro atoms. The monoisotopic (exact) mass is 299 g/mol. The molecule has 22 heavy (non-hydrogen) atoms. The van der Waals surface area contributed by atoms with Gasteiger partial charge in [-0.05, 0) is 61.7 Å². The van der Waals surface area contributed by atoms with Crippen LogP contribution in [0, 0.1) is 0 Å². The molecule has 0 aromatic heterocycles. The van der Waals surface area contributed by atoms with E-state index in [2.05, 4.69) is 36.5 Å². The van der Waals surface area contributed by atoms with Crippen LogP contribution in [0.4, 0.5) is 0 Å². The van der Waals surface area contributed by atoms with Gasteiger partial charge in [0.1, 0.15) is 11.5 Å². The van der Waals surface area contributed by atoms with Gasteiger partial charge in [-0.2, -0.15) is 0 Å². The zero-order chi connectivity index (χ0) is 15.8. The minimum Gasteiger partial charge on any atom is -0.497 e. The van der Waals surface area contributed by atoms with Crippen LogP contribution in [-0.4, -0.2) is 26.8 Å². The Labute approximate surface area is 133 Å². The van der Waals surface area contributed by atoms with Gasteiger partial charge >= 0.3 is 0 Å². The predicted molar refractivity (Wildman–Crippen MR) is 90.9 cm³/mol. The van der Waals surface area contributed by atoms with E-state index in [4.69, 9.17) is 9.47 Å². The second kappa shape index (κ2) is 8.44. The molecule has 2 rings (SSSR count). The summed E-state index contributed by atoms with van der Waals surface area (Å²) in [5.41, 5.74) is 2.58. The quantitative estimate of drug-likeness (QED) is 0.809. The Hall–Kier alpha value is -2.00. The lowest BCUT2D eigenvalue weighted by molar-refractivity contribution is 0.414. The number of hydrogen-bond donors (Lipinski definition) is 1. The highest BCUT2D eigenvalue weighted by molar-refractivity contribution is 5.29. The number of benzene rings is 2. The molecule has 0 saturated heterocycles. The Morgan fingerprint density at radius 1 is 0.909 bits per heavy atom. The van der Waals surface area contributed by atoms with Crippen molar-refractivity contribution in [1.82, 2.24) is 5.32 Å². The standard InChI is InChI=1S/C19H25NO2/c1-15(12-17-7-5-9-19(14-17)22-3)20-11-10-16-6-4-8-18(13-16)21-2/h4-9,13-15,20H,10-12H2,1-3H3/t15-/m0/s1. The van der Waals surface area contributed by atoms with Gasteiger partial charge in [0, 0.05) is 6.04 Å². The molecule has 0 unspecified atom stereocenters. The summed E-state index contributed by atoms with van der Waals surface area (Å²) in [6.45, 7) is 3.17. The van der Waals surface area contributed by atoms with Crippen molar-refractivity contribution in [2.24, 2.45) is 0 Å². The van der Waals surface area contributed by atoms with Crippen LogP contribution in [-0.2, 0) is 12.8 Å². The number of rotatable bonds is 8. The van der Waals surface area contributed by atoms with Crippen molar-refractivity contribution in [3.05, 3.63) is 59.7 Å². The summed E-state index contributed by atoms with van der Waals surface area (Å²) < 4.78 is 10.5. The lowest BCUT2D eigenvalue weighted by Crippen LogP contribution is -2.29. The zero-order valence-electron chi connectivity index (χ0n) is 13.6. The van der Waals surface area contributed by atoms with Gasteiger partial charge in [0.2, 0.25) is 0 Å². The Balaban J connectivity index is 1.78. The molecule has 0 aliphatic carbocycles. The maximum atomic E-state index is 5.26. The van der Waals surface area contributed by atoms with Gasteiger partial charge < -0.3 is 14.8 Å². The van der Waals surface area contributed by atoms with Crippen LogP contribution in [0.5, 0.6) is 11.5 Å². The lowest BCUT2D eigenvalue weighted by Gasteiger charge is -2.14. The van der Waals surface area contributed by atoms with Crippen molar-refractivity contribution in [1.29, 1.82) is 0 Å². The SMILES string of the molecule is COc1cccc(CCN[C@@H](C)Cc2cccc(OC)c2)c1. The van der Waals surface area contributed by atoms with E-state index in [1.54, 1.807) is 14.2 Å². The molecule has 2 aromatic carbocycles. The number of ether oxygens (including phenoxy) is 2. The highest BCUT2D eigenvalue weighted by atomic mass is 16.5. The molecule has 2 aromatic rings. The topological polar surface area (TPSA) is 30.5 Å². The average molecular weight is 299 g/mol. The Bertz CT molecular complexity index is 583. The van der Waals surface area contributed by atoms with Crippen molar-refractivity contribution in [3.63, 3.8) is 0 Å². The third-order valence-electron chi connectivity index (χ3n) is 3.72. The molecule has 118 valence electrons. The van der Waals surface area contributed by atoms with Gasteiger partial charge in [-0.1, -0.05) is 24.3 Å². The van der Waals surface area contributed by atoms with E-state index in [9.17, 15) is 0 Å². The summed E-state index contributed by atoms with van der Waals surface area (Å²) in [6, 6.07) is 16.9. The van der Waals surface area contributed by atoms with Crippen LogP contribution in [0.25, 0.3) is 0 Å². The fourth-order valence-corrected chi connectivity index (χ4v) is 2.52. The number of hydrogen-bond acceptors (Lipinski definition) is 3. The molecule has 0 saturated carbocycles. The highest BCUT2D eigenvalue weighted by Gasteiger charge is 2.04. The lowest BCUT2D eigenvalue weighted by atomic mass is 10.1. The fourth-order valence-electron chi connectivity index (χ4n) is 2.52. The fraction of sp³-hybridized carbons (Fsp3) is 0.368.